The minimum atomic E-state index is -1.60. The van der Waals surface area contributed by atoms with Crippen LogP contribution in [0.3, 0.4) is 0 Å². The molecule has 0 radical (unpaired) electrons. The van der Waals surface area contributed by atoms with Gasteiger partial charge in [-0.05, 0) is 37.7 Å². The third-order valence-corrected chi connectivity index (χ3v) is 3.91. The van der Waals surface area contributed by atoms with Crippen LogP contribution in [0.15, 0.2) is 24.3 Å². The minimum Gasteiger partial charge on any atom is -0.396 e. The average molecular weight is 396 g/mol. The molecule has 0 aliphatic carbocycles. The molecule has 1 fully saturated rings. The van der Waals surface area contributed by atoms with Gasteiger partial charge in [-0.3, -0.25) is 0 Å². The minimum absolute atomic E-state index is 0.00543. The second kappa shape index (κ2) is 13.5. The second-order valence-corrected chi connectivity index (χ2v) is 6.08. The molecule has 0 aromatic heterocycles. The molecule has 0 saturated carbocycles. The van der Waals surface area contributed by atoms with Gasteiger partial charge in [0.05, 0.1) is 6.61 Å². The van der Waals surface area contributed by atoms with Crippen molar-refractivity contribution < 1.29 is 40.1 Å². The Bertz CT molecular complexity index is 622. The summed E-state index contributed by atoms with van der Waals surface area (Å²) >= 11 is 0. The van der Waals surface area contributed by atoms with Crippen molar-refractivity contribution >= 4 is 0 Å². The summed E-state index contributed by atoms with van der Waals surface area (Å²) in [6.45, 7) is 1.22. The van der Waals surface area contributed by atoms with Crippen LogP contribution in [-0.4, -0.2) is 86.8 Å². The predicted molar refractivity (Wildman–Crippen MR) is 100 cm³/mol. The molecular formula is C20H28O8. The molecular weight excluding hydrogens is 368 g/mol. The molecule has 0 spiro atoms. The van der Waals surface area contributed by atoms with Crippen molar-refractivity contribution in [3.8, 4) is 23.7 Å². The van der Waals surface area contributed by atoms with E-state index in [0.29, 0.717) is 12.8 Å². The molecule has 7 atom stereocenters. The number of unbranched alkanes of at least 4 members (excludes halogenated alkanes) is 1. The van der Waals surface area contributed by atoms with Crippen LogP contribution < -0.4 is 0 Å². The maximum atomic E-state index is 10.3. The van der Waals surface area contributed by atoms with Crippen molar-refractivity contribution in [3.63, 3.8) is 0 Å². The van der Waals surface area contributed by atoms with Crippen LogP contribution in [0.4, 0.5) is 0 Å². The number of aliphatic hydroxyl groups is 6. The smallest absolute Gasteiger partial charge is 0.187 e. The SMILES string of the molecule is C/C=C\C#CC#C[C@H](O)[C@@H](/C=C\CCCO)O[C@H]1O[C@@H](CO)[C@@H](O)[C@@H](O)[C@H]1O. The van der Waals surface area contributed by atoms with E-state index < -0.39 is 49.5 Å². The van der Waals surface area contributed by atoms with Crippen LogP contribution in [0.2, 0.25) is 0 Å². The summed E-state index contributed by atoms with van der Waals surface area (Å²) in [5.41, 5.74) is 0. The summed E-state index contributed by atoms with van der Waals surface area (Å²) in [6.07, 6.45) is -2.07. The average Bonchev–Trinajstić information content (AvgIpc) is 2.69. The molecule has 1 aliphatic rings. The molecule has 1 saturated heterocycles. The van der Waals surface area contributed by atoms with E-state index in [1.807, 2.05) is 0 Å². The zero-order valence-electron chi connectivity index (χ0n) is 15.7. The summed E-state index contributed by atoms with van der Waals surface area (Å²) in [6, 6.07) is 0. The first-order valence-electron chi connectivity index (χ1n) is 9.00. The Kier molecular flexibility index (Phi) is 11.7. The lowest BCUT2D eigenvalue weighted by Crippen LogP contribution is -2.60. The van der Waals surface area contributed by atoms with Crippen LogP contribution in [0, 0.1) is 23.7 Å². The van der Waals surface area contributed by atoms with Gasteiger partial charge in [-0.2, -0.15) is 0 Å². The van der Waals surface area contributed by atoms with Crippen molar-refractivity contribution in [2.45, 2.75) is 62.7 Å². The topological polar surface area (TPSA) is 140 Å². The molecule has 28 heavy (non-hydrogen) atoms. The standard InChI is InChI=1S/C20H28O8/c1-2-3-4-5-7-10-14(23)15(11-8-6-9-12-21)27-20-19(26)18(25)17(24)16(13-22)28-20/h2-3,8,11,14-26H,6,9,12-13H2,1H3/b3-2-,11-8-/t14-,15+,16-,17+,18+,19+,20-/m0/s1. The summed E-state index contributed by atoms with van der Waals surface area (Å²) in [5.74, 6) is 10.2. The fraction of sp³-hybridized carbons (Fsp3) is 0.600. The monoisotopic (exact) mass is 396 g/mol. The van der Waals surface area contributed by atoms with E-state index in [0.717, 1.165) is 0 Å². The van der Waals surface area contributed by atoms with Gasteiger partial charge in [0.25, 0.3) is 0 Å². The highest BCUT2D eigenvalue weighted by Crippen LogP contribution is 2.23. The lowest BCUT2D eigenvalue weighted by Gasteiger charge is -2.40. The van der Waals surface area contributed by atoms with Crippen LogP contribution in [-0.2, 0) is 9.47 Å². The van der Waals surface area contributed by atoms with E-state index in [1.165, 1.54) is 6.08 Å². The first kappa shape index (κ1) is 24.3. The van der Waals surface area contributed by atoms with Crippen molar-refractivity contribution in [1.82, 2.24) is 0 Å². The second-order valence-electron chi connectivity index (χ2n) is 6.08. The lowest BCUT2D eigenvalue weighted by molar-refractivity contribution is -0.311. The highest BCUT2D eigenvalue weighted by molar-refractivity contribution is 5.32. The zero-order chi connectivity index (χ0) is 20.9. The molecule has 0 aromatic rings. The normalized spacial score (nSPS) is 29.8. The number of hydrogen-bond donors (Lipinski definition) is 6. The van der Waals surface area contributed by atoms with Gasteiger partial charge in [-0.25, -0.2) is 0 Å². The zero-order valence-corrected chi connectivity index (χ0v) is 15.7. The van der Waals surface area contributed by atoms with Gasteiger partial charge in [-0.1, -0.05) is 30.1 Å². The van der Waals surface area contributed by atoms with Crippen LogP contribution in [0.5, 0.6) is 0 Å². The van der Waals surface area contributed by atoms with E-state index in [1.54, 1.807) is 25.2 Å². The first-order valence-corrected chi connectivity index (χ1v) is 9.00. The summed E-state index contributed by atoms with van der Waals surface area (Å²) in [7, 11) is 0. The number of ether oxygens (including phenoxy) is 2. The van der Waals surface area contributed by atoms with Crippen molar-refractivity contribution in [1.29, 1.82) is 0 Å². The highest BCUT2D eigenvalue weighted by Gasteiger charge is 2.45. The molecule has 1 aliphatic heterocycles. The third kappa shape index (κ3) is 7.72. The van der Waals surface area contributed by atoms with Gasteiger partial charge in [0.2, 0.25) is 0 Å². The Morgan fingerprint density at radius 2 is 1.86 bits per heavy atom. The number of rotatable bonds is 8. The number of hydrogen-bond acceptors (Lipinski definition) is 8. The number of aliphatic hydroxyl groups excluding tert-OH is 6. The molecule has 1 rings (SSSR count). The fourth-order valence-corrected chi connectivity index (χ4v) is 2.35. The number of allylic oxidation sites excluding steroid dienone is 3. The summed E-state index contributed by atoms with van der Waals surface area (Å²) < 4.78 is 10.9. The van der Waals surface area contributed by atoms with Gasteiger partial charge in [0.15, 0.2) is 6.29 Å². The molecule has 156 valence electrons. The van der Waals surface area contributed by atoms with E-state index in [-0.39, 0.29) is 6.61 Å². The van der Waals surface area contributed by atoms with E-state index in [9.17, 15) is 25.5 Å². The third-order valence-electron chi connectivity index (χ3n) is 3.91. The highest BCUT2D eigenvalue weighted by atomic mass is 16.7. The van der Waals surface area contributed by atoms with Crippen LogP contribution >= 0.6 is 0 Å². The Morgan fingerprint density at radius 1 is 1.11 bits per heavy atom. The van der Waals surface area contributed by atoms with E-state index >= 15 is 0 Å². The van der Waals surface area contributed by atoms with Gasteiger partial charge >= 0.3 is 0 Å². The predicted octanol–water partition coefficient (Wildman–Crippen LogP) is -1.56. The fourth-order valence-electron chi connectivity index (χ4n) is 2.35. The molecule has 0 unspecified atom stereocenters. The molecule has 0 amide bonds. The van der Waals surface area contributed by atoms with E-state index in [2.05, 4.69) is 23.7 Å². The maximum absolute atomic E-state index is 10.3. The summed E-state index contributed by atoms with van der Waals surface area (Å²) in [5, 5.41) is 58.2. The quantitative estimate of drug-likeness (QED) is 0.165. The Morgan fingerprint density at radius 3 is 2.50 bits per heavy atom. The molecule has 8 nitrogen and oxygen atoms in total. The van der Waals surface area contributed by atoms with Crippen LogP contribution in [0.1, 0.15) is 19.8 Å². The molecule has 0 aromatic carbocycles. The Hall–Kier alpha value is -1.72. The maximum Gasteiger partial charge on any atom is 0.187 e. The Labute approximate surface area is 164 Å². The van der Waals surface area contributed by atoms with Crippen LogP contribution in [0.25, 0.3) is 0 Å². The van der Waals surface area contributed by atoms with Gasteiger partial charge in [0, 0.05) is 6.61 Å². The summed E-state index contributed by atoms with van der Waals surface area (Å²) in [4.78, 5) is 0. The Balaban J connectivity index is 2.92. The lowest BCUT2D eigenvalue weighted by atomic mass is 9.99. The largest absolute Gasteiger partial charge is 0.396 e. The first-order chi connectivity index (χ1) is 13.5. The molecule has 8 heteroatoms. The molecule has 6 N–H and O–H groups in total. The van der Waals surface area contributed by atoms with Gasteiger partial charge in [-0.15, -0.1) is 0 Å². The van der Waals surface area contributed by atoms with Gasteiger partial charge < -0.3 is 40.1 Å². The van der Waals surface area contributed by atoms with Crippen molar-refractivity contribution in [3.05, 3.63) is 24.3 Å². The van der Waals surface area contributed by atoms with Crippen molar-refractivity contribution in [2.24, 2.45) is 0 Å². The van der Waals surface area contributed by atoms with E-state index in [4.69, 9.17) is 14.6 Å². The molecule has 0 bridgehead atoms. The molecule has 1 heterocycles. The van der Waals surface area contributed by atoms with Gasteiger partial charge in [0.1, 0.15) is 36.6 Å². The van der Waals surface area contributed by atoms with Crippen molar-refractivity contribution in [2.75, 3.05) is 13.2 Å².